The molecular weight excluding hydrogens is 456 g/mol. The zero-order valence-corrected chi connectivity index (χ0v) is 19.7. The number of para-hydroxylation sites is 1. The third-order valence-electron chi connectivity index (χ3n) is 7.15. The number of fused-ring (bicyclic) bond motifs is 1. The summed E-state index contributed by atoms with van der Waals surface area (Å²) in [5.41, 5.74) is 2.31. The Hall–Kier alpha value is -3.01. The molecule has 1 aromatic heterocycles. The van der Waals surface area contributed by atoms with Crippen molar-refractivity contribution in [3.63, 3.8) is 0 Å². The van der Waals surface area contributed by atoms with Crippen molar-refractivity contribution in [1.29, 1.82) is 0 Å². The van der Waals surface area contributed by atoms with Crippen LogP contribution in [-0.2, 0) is 19.1 Å². The Morgan fingerprint density at radius 3 is 2.68 bits per heavy atom. The smallest absolute Gasteiger partial charge is 0.344 e. The summed E-state index contributed by atoms with van der Waals surface area (Å²) in [5.74, 6) is -2.01. The fraction of sp³-hybridized carbons (Fsp3) is 0.542. The van der Waals surface area contributed by atoms with Gasteiger partial charge in [-0.2, -0.15) is 5.01 Å². The molecule has 4 amide bonds. The summed E-state index contributed by atoms with van der Waals surface area (Å²) in [4.78, 5) is 55.2. The minimum absolute atomic E-state index is 0.0428. The van der Waals surface area contributed by atoms with E-state index in [0.717, 1.165) is 58.8 Å². The quantitative estimate of drug-likeness (QED) is 0.496. The molecule has 3 aliphatic rings. The van der Waals surface area contributed by atoms with E-state index in [4.69, 9.17) is 9.72 Å². The zero-order valence-electron chi connectivity index (χ0n) is 18.9. The van der Waals surface area contributed by atoms with Gasteiger partial charge in [0.15, 0.2) is 6.61 Å². The number of aromatic nitrogens is 1. The number of carbonyl (C=O) groups is 4. The average molecular weight is 485 g/mol. The van der Waals surface area contributed by atoms with Gasteiger partial charge in [0.2, 0.25) is 0 Å². The first kappa shape index (κ1) is 22.8. The topological polar surface area (TPSA) is 118 Å². The monoisotopic (exact) mass is 484 g/mol. The highest BCUT2D eigenvalue weighted by atomic mass is 32.1. The van der Waals surface area contributed by atoms with Crippen molar-refractivity contribution in [3.8, 4) is 0 Å². The number of hydrazine groups is 1. The SMILES string of the molecule is O=C(COC(=O)C1CCCCC1c1nc2ccccc2s1)NN1C(=O)NC2(CCCCC2)C1=O. The van der Waals surface area contributed by atoms with Gasteiger partial charge in [-0.05, 0) is 37.8 Å². The van der Waals surface area contributed by atoms with Crippen molar-refractivity contribution < 1.29 is 23.9 Å². The number of hydrogen-bond acceptors (Lipinski definition) is 7. The molecule has 2 unspecified atom stereocenters. The average Bonchev–Trinajstić information content (AvgIpc) is 3.38. The van der Waals surface area contributed by atoms with E-state index in [1.54, 1.807) is 11.3 Å². The Balaban J connectivity index is 1.19. The summed E-state index contributed by atoms with van der Waals surface area (Å²) in [6.07, 6.45) is 7.29. The highest BCUT2D eigenvalue weighted by Gasteiger charge is 2.52. The van der Waals surface area contributed by atoms with Crippen LogP contribution in [0, 0.1) is 5.92 Å². The van der Waals surface area contributed by atoms with Gasteiger partial charge < -0.3 is 10.1 Å². The number of urea groups is 1. The van der Waals surface area contributed by atoms with Crippen molar-refractivity contribution in [2.75, 3.05) is 6.61 Å². The van der Waals surface area contributed by atoms with Gasteiger partial charge in [0.25, 0.3) is 11.8 Å². The van der Waals surface area contributed by atoms with Gasteiger partial charge in [0.1, 0.15) is 5.54 Å². The van der Waals surface area contributed by atoms with Crippen LogP contribution in [0.4, 0.5) is 4.79 Å². The van der Waals surface area contributed by atoms with Gasteiger partial charge in [-0.1, -0.05) is 44.2 Å². The van der Waals surface area contributed by atoms with Gasteiger partial charge in [-0.15, -0.1) is 11.3 Å². The van der Waals surface area contributed by atoms with E-state index in [1.165, 1.54) is 0 Å². The Bertz CT molecular complexity index is 1090. The molecule has 3 fully saturated rings. The van der Waals surface area contributed by atoms with Gasteiger partial charge in [-0.3, -0.25) is 19.8 Å². The lowest BCUT2D eigenvalue weighted by atomic mass is 9.79. The van der Waals surface area contributed by atoms with E-state index < -0.39 is 36.0 Å². The van der Waals surface area contributed by atoms with Crippen LogP contribution in [0.3, 0.4) is 0 Å². The molecule has 5 rings (SSSR count). The maximum Gasteiger partial charge on any atom is 0.344 e. The number of esters is 1. The lowest BCUT2D eigenvalue weighted by Crippen LogP contribution is -2.51. The summed E-state index contributed by atoms with van der Waals surface area (Å²) in [6.45, 7) is -0.550. The van der Waals surface area contributed by atoms with Crippen LogP contribution in [0.15, 0.2) is 24.3 Å². The molecule has 9 nitrogen and oxygen atoms in total. The van der Waals surface area contributed by atoms with Gasteiger partial charge >= 0.3 is 12.0 Å². The zero-order chi connectivity index (χ0) is 23.7. The molecule has 34 heavy (non-hydrogen) atoms. The molecular formula is C24H28N4O5S. The summed E-state index contributed by atoms with van der Waals surface area (Å²) < 4.78 is 6.43. The number of rotatable bonds is 5. The molecule has 0 radical (unpaired) electrons. The number of hydrogen-bond donors (Lipinski definition) is 2. The Kier molecular flexibility index (Phi) is 6.24. The number of imide groups is 1. The van der Waals surface area contributed by atoms with E-state index >= 15 is 0 Å². The summed E-state index contributed by atoms with van der Waals surface area (Å²) >= 11 is 1.59. The normalized spacial score (nSPS) is 24.3. The molecule has 2 N–H and O–H groups in total. The number of benzene rings is 1. The highest BCUT2D eigenvalue weighted by Crippen LogP contribution is 2.41. The second-order valence-electron chi connectivity index (χ2n) is 9.37. The second-order valence-corrected chi connectivity index (χ2v) is 10.4. The number of carbonyl (C=O) groups excluding carboxylic acids is 4. The summed E-state index contributed by atoms with van der Waals surface area (Å²) in [5, 5.41) is 4.38. The lowest BCUT2D eigenvalue weighted by Gasteiger charge is -2.30. The first-order chi connectivity index (χ1) is 16.5. The largest absolute Gasteiger partial charge is 0.455 e. The van der Waals surface area contributed by atoms with E-state index in [-0.39, 0.29) is 11.8 Å². The second kappa shape index (κ2) is 9.32. The van der Waals surface area contributed by atoms with E-state index in [9.17, 15) is 19.2 Å². The third kappa shape index (κ3) is 4.26. The fourth-order valence-corrected chi connectivity index (χ4v) is 6.54. The number of ether oxygens (including phenoxy) is 1. The first-order valence-corrected chi connectivity index (χ1v) is 12.8. The number of amides is 4. The molecule has 2 aromatic rings. The standard InChI is InChI=1S/C24H28N4O5S/c29-19(27-28-22(31)24(26-23(28)32)12-6-1-7-13-24)14-33-21(30)16-9-3-2-8-15(16)20-25-17-10-4-5-11-18(17)34-20/h4-5,10-11,15-16H,1-3,6-9,12-14H2,(H,26,32)(H,27,29). The number of nitrogens with zero attached hydrogens (tertiary/aromatic N) is 2. The van der Waals surface area contributed by atoms with Crippen LogP contribution in [-0.4, -0.2) is 46.0 Å². The third-order valence-corrected chi connectivity index (χ3v) is 8.32. The predicted molar refractivity (Wildman–Crippen MR) is 125 cm³/mol. The number of thiazole rings is 1. The molecule has 1 aromatic carbocycles. The molecule has 2 saturated carbocycles. The van der Waals surface area contributed by atoms with E-state index in [0.29, 0.717) is 19.3 Å². The minimum atomic E-state index is -0.925. The van der Waals surface area contributed by atoms with Gasteiger partial charge in [0.05, 0.1) is 21.1 Å². The van der Waals surface area contributed by atoms with E-state index in [1.807, 2.05) is 24.3 Å². The summed E-state index contributed by atoms with van der Waals surface area (Å²) in [7, 11) is 0. The van der Waals surface area contributed by atoms with Crippen LogP contribution < -0.4 is 10.7 Å². The maximum atomic E-state index is 12.9. The van der Waals surface area contributed by atoms with Crippen molar-refractivity contribution in [3.05, 3.63) is 29.3 Å². The first-order valence-electron chi connectivity index (χ1n) is 12.0. The molecule has 1 aliphatic heterocycles. The van der Waals surface area contributed by atoms with Gasteiger partial charge in [0, 0.05) is 5.92 Å². The molecule has 1 saturated heterocycles. The van der Waals surface area contributed by atoms with E-state index in [2.05, 4.69) is 10.7 Å². The molecule has 180 valence electrons. The fourth-order valence-electron chi connectivity index (χ4n) is 5.37. The maximum absolute atomic E-state index is 12.9. The van der Waals surface area contributed by atoms with Crippen molar-refractivity contribution in [1.82, 2.24) is 20.7 Å². The van der Waals surface area contributed by atoms with Crippen molar-refractivity contribution >= 4 is 45.4 Å². The molecule has 2 aliphatic carbocycles. The van der Waals surface area contributed by atoms with Gasteiger partial charge in [-0.25, -0.2) is 9.78 Å². The molecule has 1 spiro atoms. The van der Waals surface area contributed by atoms with Crippen LogP contribution in [0.5, 0.6) is 0 Å². The Morgan fingerprint density at radius 2 is 1.88 bits per heavy atom. The molecule has 10 heteroatoms. The Labute approximate surface area is 201 Å². The minimum Gasteiger partial charge on any atom is -0.455 e. The summed E-state index contributed by atoms with van der Waals surface area (Å²) in [6, 6.07) is 7.25. The van der Waals surface area contributed by atoms with Crippen LogP contribution in [0.1, 0.15) is 68.7 Å². The van der Waals surface area contributed by atoms with Crippen LogP contribution >= 0.6 is 11.3 Å². The predicted octanol–water partition coefficient (Wildman–Crippen LogP) is 3.40. The lowest BCUT2D eigenvalue weighted by molar-refractivity contribution is -0.155. The molecule has 0 bridgehead atoms. The molecule has 2 heterocycles. The highest BCUT2D eigenvalue weighted by molar-refractivity contribution is 7.18. The van der Waals surface area contributed by atoms with Crippen molar-refractivity contribution in [2.45, 2.75) is 69.2 Å². The van der Waals surface area contributed by atoms with Crippen LogP contribution in [0.25, 0.3) is 10.2 Å². The molecule has 2 atom stereocenters. The van der Waals surface area contributed by atoms with Crippen LogP contribution in [0.2, 0.25) is 0 Å². The number of nitrogens with one attached hydrogen (secondary N) is 2. The Morgan fingerprint density at radius 1 is 1.12 bits per heavy atom. The van der Waals surface area contributed by atoms with Crippen molar-refractivity contribution in [2.24, 2.45) is 5.92 Å².